The molecule has 210 valence electrons. The van der Waals surface area contributed by atoms with Crippen molar-refractivity contribution in [3.05, 3.63) is 106 Å². The summed E-state index contributed by atoms with van der Waals surface area (Å²) in [5.74, 6) is -4.31. The molecule has 0 aliphatic heterocycles. The zero-order chi connectivity index (χ0) is 29.2. The van der Waals surface area contributed by atoms with Crippen LogP contribution >= 0.6 is 11.6 Å². The number of carboxylic acid groups (broad SMARTS) is 1. The number of hydrogen-bond acceptors (Lipinski definition) is 3. The predicted molar refractivity (Wildman–Crippen MR) is 137 cm³/mol. The fourth-order valence-corrected chi connectivity index (χ4v) is 5.81. The Morgan fingerprint density at radius 3 is 2.37 bits per heavy atom. The molecule has 3 aromatic carbocycles. The van der Waals surface area contributed by atoms with Crippen LogP contribution < -0.4 is 4.74 Å². The van der Waals surface area contributed by atoms with Gasteiger partial charge in [0.25, 0.3) is 0 Å². The lowest BCUT2D eigenvalue weighted by Gasteiger charge is -2.17. The van der Waals surface area contributed by atoms with Crippen LogP contribution in [-0.2, 0) is 24.0 Å². The number of aromatic nitrogens is 1. The molecule has 0 radical (unpaired) electrons. The molecule has 0 spiro atoms. The maximum Gasteiger partial charge on any atom is 0.417 e. The van der Waals surface area contributed by atoms with E-state index in [1.165, 1.54) is 24.4 Å². The van der Waals surface area contributed by atoms with Gasteiger partial charge < -0.3 is 9.84 Å². The Kier molecular flexibility index (Phi) is 6.48. The zero-order valence-electron chi connectivity index (χ0n) is 20.8. The predicted octanol–water partition coefficient (Wildman–Crippen LogP) is 8.05. The Morgan fingerprint density at radius 2 is 1.68 bits per heavy atom. The molecule has 2 aliphatic carbocycles. The van der Waals surface area contributed by atoms with Crippen LogP contribution in [0.1, 0.15) is 28.2 Å². The zero-order valence-corrected chi connectivity index (χ0v) is 21.5. The lowest BCUT2D eigenvalue weighted by Crippen LogP contribution is -2.11. The summed E-state index contributed by atoms with van der Waals surface area (Å²) in [4.78, 5) is 15.4. The summed E-state index contributed by atoms with van der Waals surface area (Å²) in [6, 6.07) is 9.75. The molecule has 0 saturated heterocycles. The van der Waals surface area contributed by atoms with E-state index in [1.54, 1.807) is 6.07 Å². The molecule has 1 saturated carbocycles. The molecule has 3 unspecified atom stereocenters. The summed E-state index contributed by atoms with van der Waals surface area (Å²) in [6.07, 6.45) is -2.96. The van der Waals surface area contributed by atoms with Gasteiger partial charge in [0.15, 0.2) is 0 Å². The van der Waals surface area contributed by atoms with Crippen molar-refractivity contribution in [2.45, 2.75) is 25.1 Å². The monoisotopic (exact) mass is 589 g/mol. The normalized spacial score (nSPS) is 19.0. The van der Waals surface area contributed by atoms with Crippen LogP contribution in [-0.4, -0.2) is 16.1 Å². The molecule has 4 aromatic rings. The quantitative estimate of drug-likeness (QED) is 0.231. The van der Waals surface area contributed by atoms with E-state index in [4.69, 9.17) is 16.3 Å². The van der Waals surface area contributed by atoms with Crippen LogP contribution in [0, 0.1) is 29.3 Å². The maximum absolute atomic E-state index is 15.2. The van der Waals surface area contributed by atoms with Gasteiger partial charge in [-0.15, -0.1) is 0 Å². The number of pyridine rings is 1. The fourth-order valence-electron chi connectivity index (χ4n) is 5.65. The standard InChI is InChI=1S/C30H18ClF6NO3/c31-16-2-4-17(25(34)9-16)13-1-3-18(24(33)7-13)19-6-15(23(32)10-22(19)30(35,36)37)12-41-26-8-14-5-20-27(21(14)11-38-26)28(20)29(39)40/h1-4,6-11,20,27-28H,5,12H2,(H,39,40). The topological polar surface area (TPSA) is 59.4 Å². The molecule has 11 heteroatoms. The number of hydrogen-bond donors (Lipinski definition) is 1. The molecule has 3 atom stereocenters. The highest BCUT2D eigenvalue weighted by molar-refractivity contribution is 6.30. The van der Waals surface area contributed by atoms with Gasteiger partial charge in [0.2, 0.25) is 5.88 Å². The van der Waals surface area contributed by atoms with Crippen LogP contribution in [0.15, 0.2) is 60.8 Å². The van der Waals surface area contributed by atoms with Crippen molar-refractivity contribution in [3.8, 4) is 28.1 Å². The Morgan fingerprint density at radius 1 is 0.951 bits per heavy atom. The number of carbonyl (C=O) groups is 1. The number of halogens is 7. The van der Waals surface area contributed by atoms with Gasteiger partial charge in [0.05, 0.1) is 11.5 Å². The third kappa shape index (κ3) is 4.90. The third-order valence-corrected chi connectivity index (χ3v) is 7.87. The highest BCUT2D eigenvalue weighted by Gasteiger charge is 2.60. The van der Waals surface area contributed by atoms with E-state index in [1.807, 2.05) is 0 Å². The van der Waals surface area contributed by atoms with Crippen LogP contribution in [0.3, 0.4) is 0 Å². The first-order valence-corrected chi connectivity index (χ1v) is 12.8. The lowest BCUT2D eigenvalue weighted by atomic mass is 9.94. The fraction of sp³-hybridized carbons (Fsp3) is 0.200. The van der Waals surface area contributed by atoms with Gasteiger partial charge in [0, 0.05) is 39.9 Å². The Balaban J connectivity index is 1.30. The van der Waals surface area contributed by atoms with Crippen molar-refractivity contribution in [2.24, 2.45) is 11.8 Å². The SMILES string of the molecule is O=C(O)C1C2Cc3cc(OCc4cc(-c5ccc(-c6ccc(Cl)cc6F)cc5F)c(C(F)(F)F)cc4F)ncc3C21. The number of aliphatic carboxylic acids is 1. The molecule has 4 nitrogen and oxygen atoms in total. The largest absolute Gasteiger partial charge is 0.481 e. The number of nitrogens with zero attached hydrogens (tertiary/aromatic N) is 1. The molecular formula is C30H18ClF6NO3. The van der Waals surface area contributed by atoms with E-state index in [2.05, 4.69) is 4.98 Å². The number of benzene rings is 3. The molecule has 1 N–H and O–H groups in total. The van der Waals surface area contributed by atoms with Gasteiger partial charge in [-0.3, -0.25) is 4.79 Å². The average molecular weight is 590 g/mol. The average Bonchev–Trinajstić information content (AvgIpc) is 3.50. The second-order valence-electron chi connectivity index (χ2n) is 10.1. The molecule has 0 amide bonds. The van der Waals surface area contributed by atoms with Gasteiger partial charge >= 0.3 is 12.1 Å². The summed E-state index contributed by atoms with van der Waals surface area (Å²) in [5.41, 5.74) is -0.969. The number of ether oxygens (including phenoxy) is 1. The van der Waals surface area contributed by atoms with Crippen LogP contribution in [0.25, 0.3) is 22.3 Å². The van der Waals surface area contributed by atoms with Crippen LogP contribution in [0.4, 0.5) is 26.3 Å². The highest BCUT2D eigenvalue weighted by atomic mass is 35.5. The first-order valence-electron chi connectivity index (χ1n) is 12.4. The van der Waals surface area contributed by atoms with Crippen molar-refractivity contribution in [1.82, 2.24) is 4.98 Å². The minimum absolute atomic E-state index is 0.00159. The van der Waals surface area contributed by atoms with Gasteiger partial charge in [-0.25, -0.2) is 18.2 Å². The Bertz CT molecular complexity index is 1720. The van der Waals surface area contributed by atoms with Crippen molar-refractivity contribution in [3.63, 3.8) is 0 Å². The Hall–Kier alpha value is -4.05. The van der Waals surface area contributed by atoms with Gasteiger partial charge in [-0.05, 0) is 71.0 Å². The molecule has 1 aromatic heterocycles. The third-order valence-electron chi connectivity index (χ3n) is 7.64. The summed E-state index contributed by atoms with van der Waals surface area (Å²) in [6.45, 7) is -0.497. The molecular weight excluding hydrogens is 572 g/mol. The Labute approximate surface area is 234 Å². The number of fused-ring (bicyclic) bond motifs is 3. The van der Waals surface area contributed by atoms with Crippen molar-refractivity contribution >= 4 is 17.6 Å². The van der Waals surface area contributed by atoms with Crippen molar-refractivity contribution in [2.75, 3.05) is 0 Å². The summed E-state index contributed by atoms with van der Waals surface area (Å²) >= 11 is 5.76. The van der Waals surface area contributed by atoms with Crippen molar-refractivity contribution < 1.29 is 41.0 Å². The minimum Gasteiger partial charge on any atom is -0.481 e. The van der Waals surface area contributed by atoms with Crippen LogP contribution in [0.2, 0.25) is 5.02 Å². The maximum atomic E-state index is 15.2. The van der Waals surface area contributed by atoms with E-state index < -0.39 is 58.8 Å². The number of carboxylic acids is 1. The second kappa shape index (κ2) is 9.80. The smallest absolute Gasteiger partial charge is 0.417 e. The molecule has 1 fully saturated rings. The molecule has 41 heavy (non-hydrogen) atoms. The van der Waals surface area contributed by atoms with E-state index in [-0.39, 0.29) is 45.5 Å². The number of rotatable bonds is 6. The van der Waals surface area contributed by atoms with E-state index in [0.717, 1.165) is 35.4 Å². The van der Waals surface area contributed by atoms with Crippen LogP contribution in [0.5, 0.6) is 5.88 Å². The van der Waals surface area contributed by atoms with E-state index in [0.29, 0.717) is 6.42 Å². The first kappa shape index (κ1) is 27.1. The highest BCUT2D eigenvalue weighted by Crippen LogP contribution is 2.61. The second-order valence-corrected chi connectivity index (χ2v) is 10.5. The van der Waals surface area contributed by atoms with Gasteiger partial charge in [0.1, 0.15) is 24.1 Å². The molecule has 6 rings (SSSR count). The van der Waals surface area contributed by atoms with Gasteiger partial charge in [-0.2, -0.15) is 13.2 Å². The molecule has 2 aliphatic rings. The van der Waals surface area contributed by atoms with Gasteiger partial charge in [-0.1, -0.05) is 23.7 Å². The van der Waals surface area contributed by atoms with E-state index in [9.17, 15) is 31.9 Å². The minimum atomic E-state index is -5.00. The summed E-state index contributed by atoms with van der Waals surface area (Å²) in [5, 5.41) is 9.38. The summed E-state index contributed by atoms with van der Waals surface area (Å²) < 4.78 is 91.6. The summed E-state index contributed by atoms with van der Waals surface area (Å²) in [7, 11) is 0. The molecule has 1 heterocycles. The van der Waals surface area contributed by atoms with E-state index >= 15 is 4.39 Å². The number of alkyl halides is 3. The first-order chi connectivity index (χ1) is 19.4. The van der Waals surface area contributed by atoms with Crippen molar-refractivity contribution in [1.29, 1.82) is 0 Å². The molecule has 0 bridgehead atoms. The lowest BCUT2D eigenvalue weighted by molar-refractivity contribution is -0.139.